The highest BCUT2D eigenvalue weighted by molar-refractivity contribution is 14.1. The van der Waals surface area contributed by atoms with Gasteiger partial charge >= 0.3 is 0 Å². The summed E-state index contributed by atoms with van der Waals surface area (Å²) in [7, 11) is 0. The van der Waals surface area contributed by atoms with Crippen molar-refractivity contribution in [3.63, 3.8) is 0 Å². The van der Waals surface area contributed by atoms with Gasteiger partial charge in [0.15, 0.2) is 0 Å². The lowest BCUT2D eigenvalue weighted by Crippen LogP contribution is -2.29. The fourth-order valence-corrected chi connectivity index (χ4v) is 2.05. The Kier molecular flexibility index (Phi) is 4.71. The summed E-state index contributed by atoms with van der Waals surface area (Å²) >= 11 is 7.46. The Labute approximate surface area is 131 Å². The van der Waals surface area contributed by atoms with E-state index in [4.69, 9.17) is 11.6 Å². The highest BCUT2D eigenvalue weighted by Gasteiger charge is 2.10. The standard InChI is InChI=1S/C12H8ClFIN3O2/c13-11-10(15)12(20)18(6-16-11)5-9(19)17-8-3-1-2-7(14)4-8/h1-4,6H,5H2,(H,17,19). The number of rotatable bonds is 3. The SMILES string of the molecule is O=C(Cn1cnc(Cl)c(I)c1=O)Nc1cccc(F)c1. The van der Waals surface area contributed by atoms with Crippen LogP contribution in [0.25, 0.3) is 0 Å². The summed E-state index contributed by atoms with van der Waals surface area (Å²) in [5.41, 5.74) is -0.0836. The second kappa shape index (κ2) is 6.31. The van der Waals surface area contributed by atoms with Crippen LogP contribution in [-0.4, -0.2) is 15.5 Å². The number of hydrogen-bond donors (Lipinski definition) is 1. The van der Waals surface area contributed by atoms with Gasteiger partial charge in [0.1, 0.15) is 21.1 Å². The van der Waals surface area contributed by atoms with Gasteiger partial charge in [-0.1, -0.05) is 17.7 Å². The highest BCUT2D eigenvalue weighted by atomic mass is 127. The van der Waals surface area contributed by atoms with Crippen molar-refractivity contribution in [1.29, 1.82) is 0 Å². The summed E-state index contributed by atoms with van der Waals surface area (Å²) in [5.74, 6) is -0.916. The molecule has 0 radical (unpaired) electrons. The third-order valence-corrected chi connectivity index (χ3v) is 3.94. The van der Waals surface area contributed by atoms with Crippen LogP contribution in [-0.2, 0) is 11.3 Å². The van der Waals surface area contributed by atoms with E-state index in [0.717, 1.165) is 4.57 Å². The average molecular weight is 408 g/mol. The van der Waals surface area contributed by atoms with Gasteiger partial charge < -0.3 is 5.32 Å². The van der Waals surface area contributed by atoms with Crippen LogP contribution in [0.3, 0.4) is 0 Å². The van der Waals surface area contributed by atoms with E-state index in [1.807, 2.05) is 0 Å². The number of nitrogens with one attached hydrogen (secondary N) is 1. The molecule has 0 saturated heterocycles. The molecule has 2 aromatic rings. The van der Waals surface area contributed by atoms with Gasteiger partial charge in [-0.15, -0.1) is 0 Å². The molecule has 1 N–H and O–H groups in total. The summed E-state index contributed by atoms with van der Waals surface area (Å²) < 4.78 is 14.3. The lowest BCUT2D eigenvalue weighted by atomic mass is 10.3. The van der Waals surface area contributed by atoms with Gasteiger partial charge in [0.25, 0.3) is 5.56 Å². The van der Waals surface area contributed by atoms with E-state index in [1.54, 1.807) is 28.7 Å². The molecule has 0 fully saturated rings. The normalized spacial score (nSPS) is 10.3. The van der Waals surface area contributed by atoms with Gasteiger partial charge in [-0.05, 0) is 40.8 Å². The molecule has 0 unspecified atom stereocenters. The summed E-state index contributed by atoms with van der Waals surface area (Å²) in [6, 6.07) is 5.48. The predicted octanol–water partition coefficient (Wildman–Crippen LogP) is 2.28. The Hall–Kier alpha value is -1.48. The molecule has 1 aromatic heterocycles. The van der Waals surface area contributed by atoms with Gasteiger partial charge in [0.05, 0.1) is 6.33 Å². The lowest BCUT2D eigenvalue weighted by molar-refractivity contribution is -0.116. The molecule has 1 aromatic carbocycles. The number of carbonyl (C=O) groups excluding carboxylic acids is 1. The van der Waals surface area contributed by atoms with E-state index in [1.165, 1.54) is 24.5 Å². The van der Waals surface area contributed by atoms with Crippen molar-refractivity contribution >= 4 is 45.8 Å². The number of benzene rings is 1. The van der Waals surface area contributed by atoms with Gasteiger partial charge in [-0.2, -0.15) is 0 Å². The number of nitrogens with zero attached hydrogens (tertiary/aromatic N) is 2. The van der Waals surface area contributed by atoms with Crippen molar-refractivity contribution in [3.8, 4) is 0 Å². The van der Waals surface area contributed by atoms with E-state index in [2.05, 4.69) is 10.3 Å². The largest absolute Gasteiger partial charge is 0.324 e. The van der Waals surface area contributed by atoms with Crippen molar-refractivity contribution in [2.24, 2.45) is 0 Å². The lowest BCUT2D eigenvalue weighted by Gasteiger charge is -2.07. The molecule has 8 heteroatoms. The van der Waals surface area contributed by atoms with Gasteiger partial charge in [0, 0.05) is 5.69 Å². The zero-order valence-electron chi connectivity index (χ0n) is 9.94. The van der Waals surface area contributed by atoms with Crippen LogP contribution in [0.15, 0.2) is 35.4 Å². The number of carbonyl (C=O) groups is 1. The van der Waals surface area contributed by atoms with E-state index in [-0.39, 0.29) is 15.3 Å². The molecular formula is C12H8ClFIN3O2. The minimum atomic E-state index is -0.461. The fourth-order valence-electron chi connectivity index (χ4n) is 1.48. The van der Waals surface area contributed by atoms with Gasteiger partial charge in [-0.25, -0.2) is 9.37 Å². The van der Waals surface area contributed by atoms with E-state index < -0.39 is 17.3 Å². The summed E-state index contributed by atoms with van der Waals surface area (Å²) in [6.45, 7) is -0.227. The Morgan fingerprint density at radius 3 is 2.95 bits per heavy atom. The first-order chi connectivity index (χ1) is 9.47. The first kappa shape index (κ1) is 14.9. The predicted molar refractivity (Wildman–Crippen MR) is 81.3 cm³/mol. The maximum atomic E-state index is 13.0. The topological polar surface area (TPSA) is 64.0 Å². The third-order valence-electron chi connectivity index (χ3n) is 2.36. The zero-order chi connectivity index (χ0) is 14.7. The Morgan fingerprint density at radius 2 is 2.25 bits per heavy atom. The molecule has 0 aliphatic carbocycles. The maximum Gasteiger partial charge on any atom is 0.268 e. The molecule has 0 aliphatic rings. The van der Waals surface area contributed by atoms with Crippen molar-refractivity contribution < 1.29 is 9.18 Å². The maximum absolute atomic E-state index is 13.0. The molecule has 20 heavy (non-hydrogen) atoms. The molecule has 5 nitrogen and oxygen atoms in total. The van der Waals surface area contributed by atoms with Crippen LogP contribution >= 0.6 is 34.2 Å². The second-order valence-corrected chi connectivity index (χ2v) is 5.28. The summed E-state index contributed by atoms with van der Waals surface area (Å²) in [5, 5.41) is 2.59. The smallest absolute Gasteiger partial charge is 0.268 e. The zero-order valence-corrected chi connectivity index (χ0v) is 12.9. The minimum Gasteiger partial charge on any atom is -0.324 e. The molecule has 1 amide bonds. The van der Waals surface area contributed by atoms with E-state index in [0.29, 0.717) is 5.69 Å². The molecule has 0 saturated carbocycles. The minimum absolute atomic E-state index is 0.0948. The third kappa shape index (κ3) is 3.54. The number of aromatic nitrogens is 2. The van der Waals surface area contributed by atoms with Crippen molar-refractivity contribution in [1.82, 2.24) is 9.55 Å². The first-order valence-corrected chi connectivity index (χ1v) is 6.89. The molecular weight excluding hydrogens is 400 g/mol. The molecule has 104 valence electrons. The summed E-state index contributed by atoms with van der Waals surface area (Å²) in [6.07, 6.45) is 1.19. The number of amides is 1. The van der Waals surface area contributed by atoms with Gasteiger partial charge in [0.2, 0.25) is 5.91 Å². The van der Waals surface area contributed by atoms with Crippen molar-refractivity contribution in [2.45, 2.75) is 6.54 Å². The molecule has 0 spiro atoms. The van der Waals surface area contributed by atoms with Crippen molar-refractivity contribution in [2.75, 3.05) is 5.32 Å². The quantitative estimate of drug-likeness (QED) is 0.627. The van der Waals surface area contributed by atoms with Crippen LogP contribution in [0.1, 0.15) is 0 Å². The number of anilines is 1. The van der Waals surface area contributed by atoms with Gasteiger partial charge in [-0.3, -0.25) is 14.2 Å². The fraction of sp³-hybridized carbons (Fsp3) is 0.0833. The van der Waals surface area contributed by atoms with E-state index in [9.17, 15) is 14.0 Å². The Morgan fingerprint density at radius 1 is 1.50 bits per heavy atom. The highest BCUT2D eigenvalue weighted by Crippen LogP contribution is 2.10. The Bertz CT molecular complexity index is 720. The average Bonchev–Trinajstić information content (AvgIpc) is 2.39. The van der Waals surface area contributed by atoms with E-state index >= 15 is 0 Å². The van der Waals surface area contributed by atoms with Crippen LogP contribution in [0, 0.1) is 9.39 Å². The number of hydrogen-bond acceptors (Lipinski definition) is 3. The van der Waals surface area contributed by atoms with Crippen LogP contribution < -0.4 is 10.9 Å². The number of halogens is 3. The molecule has 0 bridgehead atoms. The summed E-state index contributed by atoms with van der Waals surface area (Å²) in [4.78, 5) is 27.4. The molecule has 0 aliphatic heterocycles. The van der Waals surface area contributed by atoms with Crippen LogP contribution in [0.2, 0.25) is 5.15 Å². The molecule has 1 heterocycles. The second-order valence-electron chi connectivity index (χ2n) is 3.84. The molecule has 2 rings (SSSR count). The monoisotopic (exact) mass is 407 g/mol. The van der Waals surface area contributed by atoms with Crippen LogP contribution in [0.4, 0.5) is 10.1 Å². The van der Waals surface area contributed by atoms with Crippen LogP contribution in [0.5, 0.6) is 0 Å². The molecule has 0 atom stereocenters. The van der Waals surface area contributed by atoms with Crippen molar-refractivity contribution in [3.05, 3.63) is 55.5 Å². The first-order valence-electron chi connectivity index (χ1n) is 5.43. The Balaban J connectivity index is 2.13.